The van der Waals surface area contributed by atoms with Crippen molar-refractivity contribution in [2.45, 2.75) is 31.6 Å². The maximum atomic E-state index is 12.8. The molecule has 3 rings (SSSR count). The predicted molar refractivity (Wildman–Crippen MR) is 112 cm³/mol. The number of carbonyl (C=O) groups excluding carboxylic acids is 2. The van der Waals surface area contributed by atoms with Crippen molar-refractivity contribution in [3.8, 4) is 0 Å². The number of anilines is 1. The number of ether oxygens (including phenoxy) is 1. The molecule has 0 atom stereocenters. The molecular weight excluding hydrogens is 412 g/mol. The summed E-state index contributed by atoms with van der Waals surface area (Å²) in [5, 5.41) is 4.98. The van der Waals surface area contributed by atoms with Gasteiger partial charge in [-0.15, -0.1) is 11.3 Å². The van der Waals surface area contributed by atoms with E-state index in [4.69, 9.17) is 4.74 Å². The van der Waals surface area contributed by atoms with E-state index in [0.29, 0.717) is 23.4 Å². The third-order valence-electron chi connectivity index (χ3n) is 4.88. The molecule has 1 aliphatic heterocycles. The highest BCUT2D eigenvalue weighted by molar-refractivity contribution is 7.89. The molecule has 1 aliphatic rings. The molecule has 1 saturated heterocycles. The zero-order valence-corrected chi connectivity index (χ0v) is 18.0. The lowest BCUT2D eigenvalue weighted by molar-refractivity contribution is -0.120. The highest BCUT2D eigenvalue weighted by atomic mass is 32.2. The number of aryl methyl sites for hydroxylation is 1. The molecule has 9 heteroatoms. The van der Waals surface area contributed by atoms with Crippen LogP contribution in [0.2, 0.25) is 0 Å². The van der Waals surface area contributed by atoms with Crippen LogP contribution in [0.25, 0.3) is 0 Å². The lowest BCUT2D eigenvalue weighted by Gasteiger charge is -2.30. The molecule has 1 aromatic carbocycles. The summed E-state index contributed by atoms with van der Waals surface area (Å²) < 4.78 is 32.0. The third kappa shape index (κ3) is 4.85. The molecule has 0 radical (unpaired) electrons. The van der Waals surface area contributed by atoms with Crippen LogP contribution in [0.3, 0.4) is 0 Å². The summed E-state index contributed by atoms with van der Waals surface area (Å²) in [5.41, 5.74) is 1.33. The molecule has 1 N–H and O–H groups in total. The molecular formula is C20H24N2O5S2. The number of amides is 1. The molecule has 1 amide bonds. The highest BCUT2D eigenvalue weighted by Crippen LogP contribution is 2.28. The predicted octanol–water partition coefficient (Wildman–Crippen LogP) is 3.27. The van der Waals surface area contributed by atoms with Crippen molar-refractivity contribution in [3.05, 3.63) is 46.8 Å². The van der Waals surface area contributed by atoms with Gasteiger partial charge >= 0.3 is 5.97 Å². The van der Waals surface area contributed by atoms with Crippen LogP contribution in [0.15, 0.2) is 40.6 Å². The molecule has 0 unspecified atom stereocenters. The summed E-state index contributed by atoms with van der Waals surface area (Å²) >= 11 is 1.26. The second kappa shape index (κ2) is 9.06. The molecule has 2 heterocycles. The van der Waals surface area contributed by atoms with Gasteiger partial charge in [-0.2, -0.15) is 4.31 Å². The van der Waals surface area contributed by atoms with Crippen molar-refractivity contribution in [3.63, 3.8) is 0 Å². The van der Waals surface area contributed by atoms with Crippen molar-refractivity contribution in [1.82, 2.24) is 4.31 Å². The fourth-order valence-corrected chi connectivity index (χ4v) is 5.46. The van der Waals surface area contributed by atoms with Crippen LogP contribution in [0, 0.1) is 12.8 Å². The number of piperidine rings is 1. The summed E-state index contributed by atoms with van der Waals surface area (Å²) in [6, 6.07) is 8.38. The maximum absolute atomic E-state index is 12.8. The average molecular weight is 437 g/mol. The number of carbonyl (C=O) groups is 2. The molecule has 0 bridgehead atoms. The number of thiophene rings is 1. The maximum Gasteiger partial charge on any atom is 0.341 e. The zero-order valence-electron chi connectivity index (χ0n) is 16.4. The van der Waals surface area contributed by atoms with Gasteiger partial charge in [-0.05, 0) is 50.3 Å². The highest BCUT2D eigenvalue weighted by Gasteiger charge is 2.32. The first-order valence-electron chi connectivity index (χ1n) is 9.45. The first-order chi connectivity index (χ1) is 13.8. The Bertz CT molecular complexity index is 975. The minimum absolute atomic E-state index is 0.203. The minimum Gasteiger partial charge on any atom is -0.462 e. The molecule has 7 nitrogen and oxygen atoms in total. The smallest absolute Gasteiger partial charge is 0.341 e. The van der Waals surface area contributed by atoms with Gasteiger partial charge in [0.05, 0.1) is 17.1 Å². The number of benzene rings is 1. The Labute approximate surface area is 174 Å². The van der Waals surface area contributed by atoms with E-state index in [1.807, 2.05) is 6.92 Å². The van der Waals surface area contributed by atoms with E-state index in [1.165, 1.54) is 15.6 Å². The van der Waals surface area contributed by atoms with E-state index in [2.05, 4.69) is 5.32 Å². The number of sulfonamides is 1. The Morgan fingerprint density at radius 1 is 1.17 bits per heavy atom. The first kappa shape index (κ1) is 21.5. The molecule has 0 aliphatic carbocycles. The number of esters is 1. The summed E-state index contributed by atoms with van der Waals surface area (Å²) in [6.07, 6.45) is 0.855. The lowest BCUT2D eigenvalue weighted by Crippen LogP contribution is -2.41. The van der Waals surface area contributed by atoms with E-state index >= 15 is 0 Å². The van der Waals surface area contributed by atoms with Crippen LogP contribution in [0.1, 0.15) is 35.7 Å². The molecule has 1 aromatic heterocycles. The number of rotatable bonds is 6. The minimum atomic E-state index is -3.56. The molecule has 156 valence electrons. The van der Waals surface area contributed by atoms with Crippen LogP contribution in [-0.4, -0.2) is 44.3 Å². The van der Waals surface area contributed by atoms with Crippen LogP contribution in [0.5, 0.6) is 0 Å². The summed E-state index contributed by atoms with van der Waals surface area (Å²) in [5.74, 6) is -0.981. The van der Waals surface area contributed by atoms with Crippen LogP contribution in [-0.2, 0) is 19.6 Å². The van der Waals surface area contributed by atoms with Crippen molar-refractivity contribution < 1.29 is 22.7 Å². The van der Waals surface area contributed by atoms with Crippen molar-refractivity contribution in [1.29, 1.82) is 0 Å². The average Bonchev–Trinajstić information content (AvgIpc) is 3.17. The number of hydrogen-bond acceptors (Lipinski definition) is 6. The van der Waals surface area contributed by atoms with Gasteiger partial charge in [-0.25, -0.2) is 13.2 Å². The zero-order chi connectivity index (χ0) is 21.0. The normalized spacial score (nSPS) is 15.8. The molecule has 0 spiro atoms. The van der Waals surface area contributed by atoms with Gasteiger partial charge in [-0.1, -0.05) is 17.7 Å². The summed E-state index contributed by atoms with van der Waals surface area (Å²) in [7, 11) is -3.56. The Hall–Kier alpha value is -2.23. The van der Waals surface area contributed by atoms with E-state index in [9.17, 15) is 18.0 Å². The number of nitrogens with one attached hydrogen (secondary N) is 1. The second-order valence-corrected chi connectivity index (χ2v) is 9.72. The van der Waals surface area contributed by atoms with Crippen LogP contribution < -0.4 is 5.32 Å². The van der Waals surface area contributed by atoms with E-state index in [1.54, 1.807) is 42.6 Å². The van der Waals surface area contributed by atoms with Gasteiger partial charge in [0.1, 0.15) is 5.00 Å². The largest absolute Gasteiger partial charge is 0.462 e. The van der Waals surface area contributed by atoms with E-state index in [0.717, 1.165) is 5.56 Å². The number of hydrogen-bond donors (Lipinski definition) is 1. The molecule has 29 heavy (non-hydrogen) atoms. The molecule has 1 fully saturated rings. The Kier molecular flexibility index (Phi) is 6.71. The van der Waals surface area contributed by atoms with Crippen LogP contribution in [0.4, 0.5) is 5.00 Å². The fourth-order valence-electron chi connectivity index (χ4n) is 3.21. The van der Waals surface area contributed by atoms with Gasteiger partial charge in [-0.3, -0.25) is 4.79 Å². The van der Waals surface area contributed by atoms with Crippen LogP contribution >= 0.6 is 11.3 Å². The quantitative estimate of drug-likeness (QED) is 0.702. The second-order valence-electron chi connectivity index (χ2n) is 6.86. The van der Waals surface area contributed by atoms with Crippen molar-refractivity contribution in [2.24, 2.45) is 5.92 Å². The summed E-state index contributed by atoms with van der Waals surface area (Å²) in [4.78, 5) is 24.9. The van der Waals surface area contributed by atoms with E-state index in [-0.39, 0.29) is 36.4 Å². The van der Waals surface area contributed by atoms with Gasteiger partial charge in [0.2, 0.25) is 15.9 Å². The SMILES string of the molecule is CCOC(=O)c1ccsc1NC(=O)C1CCN(S(=O)(=O)c2ccc(C)cc2)CC1. The Morgan fingerprint density at radius 2 is 1.83 bits per heavy atom. The monoisotopic (exact) mass is 436 g/mol. The lowest BCUT2D eigenvalue weighted by atomic mass is 9.97. The fraction of sp³-hybridized carbons (Fsp3) is 0.400. The summed E-state index contributed by atoms with van der Waals surface area (Å²) in [6.45, 7) is 4.45. The van der Waals surface area contributed by atoms with Gasteiger partial charge < -0.3 is 10.1 Å². The van der Waals surface area contributed by atoms with E-state index < -0.39 is 16.0 Å². The standard InChI is InChI=1S/C20H24N2O5S2/c1-3-27-20(24)17-10-13-28-19(17)21-18(23)15-8-11-22(12-9-15)29(25,26)16-6-4-14(2)5-7-16/h4-7,10,13,15H,3,8-9,11-12H2,1-2H3,(H,21,23). The topological polar surface area (TPSA) is 92.8 Å². The van der Waals surface area contributed by atoms with Gasteiger partial charge in [0.25, 0.3) is 0 Å². The molecule has 2 aromatic rings. The number of nitrogens with zero attached hydrogens (tertiary/aromatic N) is 1. The van der Waals surface area contributed by atoms with Gasteiger partial charge in [0, 0.05) is 19.0 Å². The Balaban J connectivity index is 1.61. The Morgan fingerprint density at radius 3 is 2.45 bits per heavy atom. The van der Waals surface area contributed by atoms with Gasteiger partial charge in [0.15, 0.2) is 0 Å². The van der Waals surface area contributed by atoms with Crippen molar-refractivity contribution >= 4 is 38.2 Å². The first-order valence-corrected chi connectivity index (χ1v) is 11.8. The third-order valence-corrected chi connectivity index (χ3v) is 7.62. The van der Waals surface area contributed by atoms with Crippen molar-refractivity contribution in [2.75, 3.05) is 25.0 Å². The molecule has 0 saturated carbocycles.